The van der Waals surface area contributed by atoms with E-state index in [1.54, 1.807) is 19.1 Å². The van der Waals surface area contributed by atoms with Gasteiger partial charge in [0, 0.05) is 0 Å². The summed E-state index contributed by atoms with van der Waals surface area (Å²) in [5, 5.41) is 8.39. The Labute approximate surface area is 54.5 Å². The van der Waals surface area contributed by atoms with Crippen LogP contribution in [-0.2, 0) is 4.79 Å². The van der Waals surface area contributed by atoms with E-state index in [4.69, 9.17) is 5.11 Å². The van der Waals surface area contributed by atoms with Gasteiger partial charge in [0.05, 0.1) is 11.8 Å². The van der Waals surface area contributed by atoms with Gasteiger partial charge in [0.2, 0.25) is 0 Å². The molecule has 0 rings (SSSR count). The summed E-state index contributed by atoms with van der Waals surface area (Å²) in [7, 11) is 0. The lowest BCUT2D eigenvalue weighted by Crippen LogP contribution is -1.91. The molecule has 0 radical (unpaired) electrons. The first kappa shape index (κ1) is 7.95. The molecule has 50 valence electrons. The number of hydrogen-bond donors (Lipinski definition) is 1. The molecule has 0 unspecified atom stereocenters. The maximum Gasteiger partial charge on any atom is 0.162 e. The van der Waals surface area contributed by atoms with E-state index >= 15 is 0 Å². The van der Waals surface area contributed by atoms with E-state index in [-0.39, 0.29) is 5.78 Å². The summed E-state index contributed by atoms with van der Waals surface area (Å²) in [6.45, 7) is 3.19. The van der Waals surface area contributed by atoms with Crippen molar-refractivity contribution >= 4 is 5.78 Å². The number of aliphatic hydroxyl groups is 1. The number of Topliss-reactive ketones (excluding diaryl/α,β-unsaturated/α-hetero) is 1. The third kappa shape index (κ3) is 2.69. The van der Waals surface area contributed by atoms with Crippen LogP contribution in [0.5, 0.6) is 0 Å². The highest BCUT2D eigenvalue weighted by atomic mass is 16.2. The van der Waals surface area contributed by atoms with Gasteiger partial charge in [-0.1, -0.05) is 12.2 Å². The third-order valence-electron chi connectivity index (χ3n) is 0.892. The Balaban J connectivity index is 4.19. The fourth-order valence-electron chi connectivity index (χ4n) is 0.431. The Hall–Kier alpha value is -1.05. The van der Waals surface area contributed by atoms with Crippen molar-refractivity contribution in [3.8, 4) is 0 Å². The second-order valence-corrected chi connectivity index (χ2v) is 1.64. The lowest BCUT2D eigenvalue weighted by Gasteiger charge is -1.88. The van der Waals surface area contributed by atoms with Gasteiger partial charge in [0.25, 0.3) is 0 Å². The standard InChI is InChI=1S/C7H10O2/c1-3-4-7(5-8)6(2)9/h3-5,8H,1-2H3/b4-3-,7-5?. The summed E-state index contributed by atoms with van der Waals surface area (Å²) in [4.78, 5) is 10.5. The maximum absolute atomic E-state index is 10.5. The number of carbonyl (C=O) groups excluding carboxylic acids is 1. The number of hydrogen-bond acceptors (Lipinski definition) is 2. The molecule has 2 nitrogen and oxygen atoms in total. The summed E-state index contributed by atoms with van der Waals surface area (Å²) >= 11 is 0. The van der Waals surface area contributed by atoms with E-state index < -0.39 is 0 Å². The van der Waals surface area contributed by atoms with Crippen LogP contribution in [0.3, 0.4) is 0 Å². The molecule has 0 spiro atoms. The van der Waals surface area contributed by atoms with Crippen molar-refractivity contribution in [2.75, 3.05) is 0 Å². The van der Waals surface area contributed by atoms with E-state index in [0.29, 0.717) is 5.57 Å². The Morgan fingerprint density at radius 3 is 2.22 bits per heavy atom. The summed E-state index contributed by atoms with van der Waals surface area (Å²) in [5.74, 6) is -0.129. The normalized spacial score (nSPS) is 12.4. The summed E-state index contributed by atoms with van der Waals surface area (Å²) < 4.78 is 0. The summed E-state index contributed by atoms with van der Waals surface area (Å²) in [6.07, 6.45) is 4.06. The second kappa shape index (κ2) is 3.89. The van der Waals surface area contributed by atoms with Crippen molar-refractivity contribution in [3.63, 3.8) is 0 Å². The van der Waals surface area contributed by atoms with Gasteiger partial charge in [-0.25, -0.2) is 0 Å². The van der Waals surface area contributed by atoms with Gasteiger partial charge < -0.3 is 5.11 Å². The molecule has 0 bridgehead atoms. The SMILES string of the molecule is C/C=C\C(=CO)C(C)=O. The molecule has 0 heterocycles. The van der Waals surface area contributed by atoms with E-state index in [1.807, 2.05) is 0 Å². The molecular formula is C7H10O2. The van der Waals surface area contributed by atoms with Gasteiger partial charge in [-0.3, -0.25) is 4.79 Å². The van der Waals surface area contributed by atoms with Crippen molar-refractivity contribution < 1.29 is 9.90 Å². The van der Waals surface area contributed by atoms with Gasteiger partial charge in [0.1, 0.15) is 0 Å². The van der Waals surface area contributed by atoms with Crippen LogP contribution in [0.1, 0.15) is 13.8 Å². The molecule has 0 aromatic carbocycles. The smallest absolute Gasteiger partial charge is 0.162 e. The highest BCUT2D eigenvalue weighted by molar-refractivity contribution is 5.95. The second-order valence-electron chi connectivity index (χ2n) is 1.64. The molecule has 1 N–H and O–H groups in total. The fourth-order valence-corrected chi connectivity index (χ4v) is 0.431. The zero-order chi connectivity index (χ0) is 7.28. The lowest BCUT2D eigenvalue weighted by atomic mass is 10.2. The minimum atomic E-state index is -0.129. The molecular weight excluding hydrogens is 116 g/mol. The quantitative estimate of drug-likeness (QED) is 0.346. The largest absolute Gasteiger partial charge is 0.515 e. The minimum absolute atomic E-state index is 0.129. The van der Waals surface area contributed by atoms with E-state index in [2.05, 4.69) is 0 Å². The fraction of sp³-hybridized carbons (Fsp3) is 0.286. The minimum Gasteiger partial charge on any atom is -0.515 e. The molecule has 0 amide bonds. The van der Waals surface area contributed by atoms with Crippen LogP contribution in [0.15, 0.2) is 24.0 Å². The van der Waals surface area contributed by atoms with Crippen LogP contribution in [0.25, 0.3) is 0 Å². The molecule has 0 atom stereocenters. The predicted octanol–water partition coefficient (Wildman–Crippen LogP) is 1.59. The Kier molecular flexibility index (Phi) is 3.44. The molecule has 9 heavy (non-hydrogen) atoms. The zero-order valence-corrected chi connectivity index (χ0v) is 5.59. The number of allylic oxidation sites excluding steroid dienone is 3. The monoisotopic (exact) mass is 126 g/mol. The van der Waals surface area contributed by atoms with Crippen molar-refractivity contribution in [1.82, 2.24) is 0 Å². The van der Waals surface area contributed by atoms with Crippen LogP contribution >= 0.6 is 0 Å². The summed E-state index contributed by atoms with van der Waals surface area (Å²) in [6, 6.07) is 0. The van der Waals surface area contributed by atoms with Crippen LogP contribution < -0.4 is 0 Å². The number of aliphatic hydroxyl groups excluding tert-OH is 1. The molecule has 0 aliphatic heterocycles. The van der Waals surface area contributed by atoms with E-state index in [0.717, 1.165) is 6.26 Å². The third-order valence-corrected chi connectivity index (χ3v) is 0.892. The number of rotatable bonds is 2. The van der Waals surface area contributed by atoms with Crippen molar-refractivity contribution in [2.45, 2.75) is 13.8 Å². The molecule has 0 saturated heterocycles. The molecule has 0 fully saturated rings. The molecule has 0 saturated carbocycles. The number of carbonyl (C=O) groups is 1. The highest BCUT2D eigenvalue weighted by Gasteiger charge is 1.95. The Bertz CT molecular complexity index is 154. The first-order valence-corrected chi connectivity index (χ1v) is 2.70. The zero-order valence-electron chi connectivity index (χ0n) is 5.59. The van der Waals surface area contributed by atoms with Crippen LogP contribution in [-0.4, -0.2) is 10.9 Å². The maximum atomic E-state index is 10.5. The average molecular weight is 126 g/mol. The first-order valence-electron chi connectivity index (χ1n) is 2.70. The Morgan fingerprint density at radius 2 is 2.11 bits per heavy atom. The molecule has 0 aromatic rings. The number of ketones is 1. The van der Waals surface area contributed by atoms with Gasteiger partial charge in [-0.15, -0.1) is 0 Å². The van der Waals surface area contributed by atoms with Gasteiger partial charge in [-0.05, 0) is 13.8 Å². The van der Waals surface area contributed by atoms with Crippen molar-refractivity contribution in [3.05, 3.63) is 24.0 Å². The topological polar surface area (TPSA) is 37.3 Å². The van der Waals surface area contributed by atoms with Gasteiger partial charge in [0.15, 0.2) is 5.78 Å². The van der Waals surface area contributed by atoms with Crippen LogP contribution in [0.4, 0.5) is 0 Å². The molecule has 0 aliphatic rings. The average Bonchev–Trinajstić information content (AvgIpc) is 1.82. The van der Waals surface area contributed by atoms with E-state index in [9.17, 15) is 4.79 Å². The van der Waals surface area contributed by atoms with Crippen molar-refractivity contribution in [2.24, 2.45) is 0 Å². The predicted molar refractivity (Wildman–Crippen MR) is 36.2 cm³/mol. The lowest BCUT2D eigenvalue weighted by molar-refractivity contribution is -0.113. The molecule has 0 aliphatic carbocycles. The Morgan fingerprint density at radius 1 is 1.56 bits per heavy atom. The highest BCUT2D eigenvalue weighted by Crippen LogP contribution is 1.95. The van der Waals surface area contributed by atoms with Crippen LogP contribution in [0.2, 0.25) is 0 Å². The molecule has 0 aromatic heterocycles. The summed E-state index contributed by atoms with van der Waals surface area (Å²) in [5.41, 5.74) is 0.331. The first-order chi connectivity index (χ1) is 4.22. The van der Waals surface area contributed by atoms with Gasteiger partial charge >= 0.3 is 0 Å². The van der Waals surface area contributed by atoms with Gasteiger partial charge in [-0.2, -0.15) is 0 Å². The van der Waals surface area contributed by atoms with Crippen molar-refractivity contribution in [1.29, 1.82) is 0 Å². The van der Waals surface area contributed by atoms with Crippen LogP contribution in [0, 0.1) is 0 Å². The molecule has 2 heteroatoms. The van der Waals surface area contributed by atoms with E-state index in [1.165, 1.54) is 6.92 Å².